The number of carbonyl (C=O) groups is 1. The Balaban J connectivity index is 1.70. The Kier molecular flexibility index (Phi) is 7.03. The fourth-order valence-corrected chi connectivity index (χ4v) is 4.73. The largest absolute Gasteiger partial charge is 0.497 e. The van der Waals surface area contributed by atoms with Crippen LogP contribution < -0.4 is 14.8 Å². The minimum Gasteiger partial charge on any atom is -0.497 e. The molecule has 29 heavy (non-hydrogen) atoms. The highest BCUT2D eigenvalue weighted by Gasteiger charge is 2.19. The van der Waals surface area contributed by atoms with Crippen LogP contribution >= 0.6 is 11.6 Å². The van der Waals surface area contributed by atoms with Crippen LogP contribution in [-0.4, -0.2) is 27.5 Å². The molecule has 8 heteroatoms. The third kappa shape index (κ3) is 5.64. The van der Waals surface area contributed by atoms with Gasteiger partial charge >= 0.3 is 0 Å². The van der Waals surface area contributed by atoms with Crippen molar-refractivity contribution in [2.45, 2.75) is 49.5 Å². The highest BCUT2D eigenvalue weighted by molar-refractivity contribution is 7.92. The first-order chi connectivity index (χ1) is 13.9. The average Bonchev–Trinajstić information content (AvgIpc) is 2.96. The van der Waals surface area contributed by atoms with Gasteiger partial charge in [-0.15, -0.1) is 0 Å². The van der Waals surface area contributed by atoms with Gasteiger partial charge in [0.05, 0.1) is 28.3 Å². The first-order valence-corrected chi connectivity index (χ1v) is 11.5. The number of benzene rings is 2. The van der Waals surface area contributed by atoms with Crippen LogP contribution in [-0.2, 0) is 10.0 Å². The first-order valence-electron chi connectivity index (χ1n) is 9.66. The number of nitrogens with one attached hydrogen (secondary N) is 2. The van der Waals surface area contributed by atoms with E-state index < -0.39 is 10.0 Å². The lowest BCUT2D eigenvalue weighted by molar-refractivity contribution is 0.0933. The topological polar surface area (TPSA) is 84.5 Å². The van der Waals surface area contributed by atoms with E-state index in [1.165, 1.54) is 44.2 Å². The zero-order valence-corrected chi connectivity index (χ0v) is 17.9. The lowest BCUT2D eigenvalue weighted by atomic mass is 10.1. The Morgan fingerprint density at radius 2 is 1.69 bits per heavy atom. The number of ether oxygens (including phenoxy) is 1. The number of rotatable bonds is 6. The number of methoxy groups -OCH3 is 1. The van der Waals surface area contributed by atoms with Crippen molar-refractivity contribution in [1.29, 1.82) is 0 Å². The van der Waals surface area contributed by atoms with Crippen LogP contribution in [0.4, 0.5) is 5.69 Å². The minimum atomic E-state index is -3.78. The van der Waals surface area contributed by atoms with E-state index in [-0.39, 0.29) is 27.6 Å². The van der Waals surface area contributed by atoms with Gasteiger partial charge in [-0.25, -0.2) is 8.42 Å². The van der Waals surface area contributed by atoms with E-state index in [4.69, 9.17) is 16.3 Å². The van der Waals surface area contributed by atoms with Gasteiger partial charge in [0.1, 0.15) is 5.75 Å². The fraction of sp³-hybridized carbons (Fsp3) is 0.381. The number of sulfonamides is 1. The Labute approximate surface area is 176 Å². The van der Waals surface area contributed by atoms with Crippen molar-refractivity contribution in [3.05, 3.63) is 53.1 Å². The van der Waals surface area contributed by atoms with Crippen molar-refractivity contribution in [2.75, 3.05) is 11.8 Å². The first kappa shape index (κ1) is 21.5. The van der Waals surface area contributed by atoms with Crippen molar-refractivity contribution < 1.29 is 17.9 Å². The molecule has 6 nitrogen and oxygen atoms in total. The number of anilines is 1. The molecule has 2 aromatic rings. The Morgan fingerprint density at radius 3 is 2.28 bits per heavy atom. The molecule has 1 aliphatic rings. The normalized spacial score (nSPS) is 15.4. The van der Waals surface area contributed by atoms with Crippen molar-refractivity contribution in [1.82, 2.24) is 5.32 Å². The molecule has 0 spiro atoms. The van der Waals surface area contributed by atoms with Crippen LogP contribution in [0, 0.1) is 0 Å². The molecule has 0 heterocycles. The summed E-state index contributed by atoms with van der Waals surface area (Å²) in [5.74, 6) is 0.336. The fourth-order valence-electron chi connectivity index (χ4n) is 3.42. The molecule has 0 atom stereocenters. The third-order valence-electron chi connectivity index (χ3n) is 5.03. The summed E-state index contributed by atoms with van der Waals surface area (Å²) in [5.41, 5.74) is 0.625. The molecule has 1 saturated carbocycles. The van der Waals surface area contributed by atoms with Gasteiger partial charge in [-0.2, -0.15) is 0 Å². The Bertz CT molecular complexity index is 953. The maximum Gasteiger partial charge on any atom is 0.261 e. The number of hydrogen-bond acceptors (Lipinski definition) is 4. The molecule has 0 unspecified atom stereocenters. The lowest BCUT2D eigenvalue weighted by Gasteiger charge is -2.17. The maximum atomic E-state index is 12.6. The van der Waals surface area contributed by atoms with E-state index in [0.29, 0.717) is 11.3 Å². The molecule has 2 N–H and O–H groups in total. The summed E-state index contributed by atoms with van der Waals surface area (Å²) >= 11 is 6.28. The SMILES string of the molecule is COc1ccc(S(=O)(=O)Nc2ccc(C(=O)NC3CCCCCC3)c(Cl)c2)cc1. The molecule has 156 valence electrons. The van der Waals surface area contributed by atoms with Crippen LogP contribution in [0.25, 0.3) is 0 Å². The molecule has 0 aromatic heterocycles. The van der Waals surface area contributed by atoms with Crippen molar-refractivity contribution in [2.24, 2.45) is 0 Å². The van der Waals surface area contributed by atoms with Crippen LogP contribution in [0.15, 0.2) is 47.4 Å². The Morgan fingerprint density at radius 1 is 1.03 bits per heavy atom. The number of hydrogen-bond donors (Lipinski definition) is 2. The average molecular weight is 437 g/mol. The van der Waals surface area contributed by atoms with E-state index in [1.807, 2.05) is 0 Å². The molecule has 3 rings (SSSR count). The lowest BCUT2D eigenvalue weighted by Crippen LogP contribution is -2.34. The van der Waals surface area contributed by atoms with Gasteiger partial charge in [0.2, 0.25) is 0 Å². The number of halogens is 1. The van der Waals surface area contributed by atoms with E-state index in [9.17, 15) is 13.2 Å². The molecular formula is C21H25ClN2O4S. The third-order valence-corrected chi connectivity index (χ3v) is 6.74. The summed E-state index contributed by atoms with van der Waals surface area (Å²) in [5, 5.41) is 3.25. The second-order valence-electron chi connectivity index (χ2n) is 7.14. The predicted molar refractivity (Wildman–Crippen MR) is 114 cm³/mol. The zero-order chi connectivity index (χ0) is 20.9. The van der Waals surface area contributed by atoms with E-state index in [1.54, 1.807) is 18.2 Å². The summed E-state index contributed by atoms with van der Waals surface area (Å²) in [6.45, 7) is 0. The molecule has 1 aliphatic carbocycles. The summed E-state index contributed by atoms with van der Waals surface area (Å²) in [6.07, 6.45) is 6.59. The van der Waals surface area contributed by atoms with Gasteiger partial charge in [-0.1, -0.05) is 37.3 Å². The van der Waals surface area contributed by atoms with Crippen molar-refractivity contribution in [3.8, 4) is 5.75 Å². The van der Waals surface area contributed by atoms with Crippen LogP contribution in [0.1, 0.15) is 48.9 Å². The Hall–Kier alpha value is -2.25. The summed E-state index contributed by atoms with van der Waals surface area (Å²) in [4.78, 5) is 12.7. The van der Waals surface area contributed by atoms with Gasteiger partial charge in [0.15, 0.2) is 0 Å². The monoisotopic (exact) mass is 436 g/mol. The van der Waals surface area contributed by atoms with Crippen LogP contribution in [0.5, 0.6) is 5.75 Å². The second-order valence-corrected chi connectivity index (χ2v) is 9.23. The highest BCUT2D eigenvalue weighted by Crippen LogP contribution is 2.25. The maximum absolute atomic E-state index is 12.6. The molecule has 0 saturated heterocycles. The summed E-state index contributed by atoms with van der Waals surface area (Å²) in [6, 6.07) is 10.7. The quantitative estimate of drug-likeness (QED) is 0.648. The van der Waals surface area contributed by atoms with Gasteiger partial charge in [-0.3, -0.25) is 9.52 Å². The number of amides is 1. The van der Waals surface area contributed by atoms with Crippen LogP contribution in [0.3, 0.4) is 0 Å². The molecule has 0 radical (unpaired) electrons. The zero-order valence-electron chi connectivity index (χ0n) is 16.3. The van der Waals surface area contributed by atoms with Gasteiger partial charge in [0, 0.05) is 6.04 Å². The summed E-state index contributed by atoms with van der Waals surface area (Å²) in [7, 11) is -2.27. The van der Waals surface area contributed by atoms with Gasteiger partial charge < -0.3 is 10.1 Å². The van der Waals surface area contributed by atoms with Crippen LogP contribution in [0.2, 0.25) is 5.02 Å². The highest BCUT2D eigenvalue weighted by atomic mass is 35.5. The second kappa shape index (κ2) is 9.50. The predicted octanol–water partition coefficient (Wildman–Crippen LogP) is 4.60. The van der Waals surface area contributed by atoms with E-state index in [2.05, 4.69) is 10.0 Å². The molecule has 1 amide bonds. The molecular weight excluding hydrogens is 412 g/mol. The smallest absolute Gasteiger partial charge is 0.261 e. The van der Waals surface area contributed by atoms with Crippen molar-refractivity contribution in [3.63, 3.8) is 0 Å². The van der Waals surface area contributed by atoms with Gasteiger partial charge in [0.25, 0.3) is 15.9 Å². The van der Waals surface area contributed by atoms with E-state index >= 15 is 0 Å². The number of carbonyl (C=O) groups excluding carboxylic acids is 1. The van der Waals surface area contributed by atoms with Gasteiger partial charge in [-0.05, 0) is 55.3 Å². The van der Waals surface area contributed by atoms with Crippen molar-refractivity contribution >= 4 is 33.2 Å². The summed E-state index contributed by atoms with van der Waals surface area (Å²) < 4.78 is 32.6. The molecule has 2 aromatic carbocycles. The molecule has 1 fully saturated rings. The standard InChI is InChI=1S/C21H25ClN2O4S/c1-28-17-9-11-18(12-10-17)29(26,27)24-16-8-13-19(20(22)14-16)21(25)23-15-6-4-2-3-5-7-15/h8-15,24H,2-7H2,1H3,(H,23,25). The van der Waals surface area contributed by atoms with E-state index in [0.717, 1.165) is 25.7 Å². The molecule has 0 aliphatic heterocycles. The minimum absolute atomic E-state index is 0.101. The molecule has 0 bridgehead atoms.